The van der Waals surface area contributed by atoms with Crippen molar-refractivity contribution in [2.24, 2.45) is 0 Å². The molecule has 0 radical (unpaired) electrons. The second-order valence-corrected chi connectivity index (χ2v) is 13.8. The van der Waals surface area contributed by atoms with Crippen LogP contribution in [-0.4, -0.2) is 35.3 Å². The van der Waals surface area contributed by atoms with Gasteiger partial charge in [-0.1, -0.05) is 35.9 Å². The van der Waals surface area contributed by atoms with E-state index in [0.29, 0.717) is 13.1 Å². The molecule has 2 N–H and O–H groups in total. The highest BCUT2D eigenvalue weighted by atomic mass is 32.2. The fourth-order valence-electron chi connectivity index (χ4n) is 5.71. The topological polar surface area (TPSA) is 83.4 Å². The van der Waals surface area contributed by atoms with Crippen LogP contribution in [0.2, 0.25) is 0 Å². The Balaban J connectivity index is 1.34. The summed E-state index contributed by atoms with van der Waals surface area (Å²) in [6.07, 6.45) is 4.93. The van der Waals surface area contributed by atoms with Crippen LogP contribution < -0.4 is 10.6 Å². The van der Waals surface area contributed by atoms with Crippen molar-refractivity contribution in [3.8, 4) is 0 Å². The van der Waals surface area contributed by atoms with E-state index in [1.807, 2.05) is 37.4 Å². The number of rotatable bonds is 7. The lowest BCUT2D eigenvalue weighted by Crippen LogP contribution is -2.44. The molecule has 0 spiro atoms. The Bertz CT molecular complexity index is 1440. The fourth-order valence-corrected chi connectivity index (χ4v) is 7.30. The van der Waals surface area contributed by atoms with E-state index in [4.69, 9.17) is 0 Å². The maximum Gasteiger partial charge on any atom is 0.243 e. The van der Waals surface area contributed by atoms with E-state index >= 15 is 0 Å². The van der Waals surface area contributed by atoms with Crippen LogP contribution >= 0.6 is 0 Å². The first kappa shape index (κ1) is 27.6. The number of aromatic nitrogens is 1. The monoisotopic (exact) mass is 548 g/mol. The number of hydrogen-bond acceptors (Lipinski definition) is 4. The minimum absolute atomic E-state index is 0.0478. The van der Waals surface area contributed by atoms with Crippen molar-refractivity contribution in [2.75, 3.05) is 6.54 Å². The van der Waals surface area contributed by atoms with Crippen LogP contribution in [0.4, 0.5) is 0 Å². The van der Waals surface area contributed by atoms with Gasteiger partial charge in [-0.15, -0.1) is 0 Å². The first-order valence-electron chi connectivity index (χ1n) is 13.9. The summed E-state index contributed by atoms with van der Waals surface area (Å²) >= 11 is 0. The number of carbonyl (C=O) groups is 1. The first-order chi connectivity index (χ1) is 18.5. The summed E-state index contributed by atoms with van der Waals surface area (Å²) in [4.78, 5) is 13.8. The van der Waals surface area contributed by atoms with E-state index in [-0.39, 0.29) is 28.8 Å². The van der Waals surface area contributed by atoms with Gasteiger partial charge in [0.2, 0.25) is 15.9 Å². The van der Waals surface area contributed by atoms with Crippen LogP contribution in [0, 0.1) is 6.92 Å². The third kappa shape index (κ3) is 6.13. The summed E-state index contributed by atoms with van der Waals surface area (Å²) in [5.74, 6) is -0.130. The molecule has 2 aromatic carbocycles. The molecule has 8 heteroatoms. The van der Waals surface area contributed by atoms with Crippen LogP contribution in [0.3, 0.4) is 0 Å². The molecule has 1 aliphatic heterocycles. The number of hydrogen-bond donors (Lipinski definition) is 2. The molecule has 3 aromatic rings. The van der Waals surface area contributed by atoms with Gasteiger partial charge in [-0.2, -0.15) is 4.31 Å². The number of amides is 1. The molecule has 0 fully saturated rings. The number of aryl methyl sites for hydroxylation is 2. The molecule has 1 amide bonds. The van der Waals surface area contributed by atoms with Crippen molar-refractivity contribution in [1.29, 1.82) is 0 Å². The maximum absolute atomic E-state index is 13.7. The third-order valence-corrected chi connectivity index (χ3v) is 9.72. The van der Waals surface area contributed by atoms with Crippen molar-refractivity contribution in [2.45, 2.75) is 89.0 Å². The largest absolute Gasteiger partial charge is 0.349 e. The smallest absolute Gasteiger partial charge is 0.243 e. The van der Waals surface area contributed by atoms with Crippen LogP contribution in [0.25, 0.3) is 0 Å². The van der Waals surface area contributed by atoms with E-state index in [0.717, 1.165) is 37.1 Å². The van der Waals surface area contributed by atoms with Gasteiger partial charge in [0.05, 0.1) is 17.0 Å². The first-order valence-corrected chi connectivity index (χ1v) is 15.3. The predicted octanol–water partition coefficient (Wildman–Crippen LogP) is 5.01. The van der Waals surface area contributed by atoms with Crippen LogP contribution in [-0.2, 0) is 34.3 Å². The van der Waals surface area contributed by atoms with Gasteiger partial charge in [0.1, 0.15) is 0 Å². The predicted molar refractivity (Wildman–Crippen MR) is 154 cm³/mol. The van der Waals surface area contributed by atoms with Crippen molar-refractivity contribution in [3.63, 3.8) is 0 Å². The van der Waals surface area contributed by atoms with E-state index in [1.165, 1.54) is 21.0 Å². The highest BCUT2D eigenvalue weighted by Crippen LogP contribution is 2.35. The second kappa shape index (κ2) is 10.9. The van der Waals surface area contributed by atoms with Gasteiger partial charge in [-0.25, -0.2) is 8.42 Å². The molecule has 0 saturated carbocycles. The maximum atomic E-state index is 13.7. The summed E-state index contributed by atoms with van der Waals surface area (Å²) < 4.78 is 31.0. The van der Waals surface area contributed by atoms with E-state index < -0.39 is 16.1 Å². The molecule has 5 rings (SSSR count). The average Bonchev–Trinajstić information content (AvgIpc) is 3.37. The fraction of sp³-hybridized carbons (Fsp3) is 0.452. The minimum Gasteiger partial charge on any atom is -0.349 e. The van der Waals surface area contributed by atoms with Crippen LogP contribution in [0.15, 0.2) is 65.7 Å². The Kier molecular flexibility index (Phi) is 7.73. The standard InChI is InChI=1S/C31H40N4O3S/c1-22-10-13-25(14-11-22)39(37,38)35-18-17-34-16-6-9-28(34)29(35)20-30(36)33-27-8-5-7-24-19-23(12-15-26(24)27)21-32-31(2,3)4/h6,9-16,19,27,29,32H,5,7-8,17-18,20-21H2,1-4H3,(H,33,36). The van der Waals surface area contributed by atoms with E-state index in [1.54, 1.807) is 12.1 Å². The highest BCUT2D eigenvalue weighted by molar-refractivity contribution is 7.89. The number of nitrogens with one attached hydrogen (secondary N) is 2. The Morgan fingerprint density at radius 2 is 1.82 bits per heavy atom. The van der Waals surface area contributed by atoms with Gasteiger partial charge in [-0.05, 0) is 87.9 Å². The molecule has 7 nitrogen and oxygen atoms in total. The van der Waals surface area contributed by atoms with Gasteiger partial charge in [0.25, 0.3) is 0 Å². The number of benzene rings is 2. The SMILES string of the molecule is Cc1ccc(S(=O)(=O)N2CCn3cccc3C2CC(=O)NC2CCCc3cc(CNC(C)(C)C)ccc32)cc1. The lowest BCUT2D eigenvalue weighted by Gasteiger charge is -2.36. The molecule has 2 aliphatic rings. The molecule has 1 aromatic heterocycles. The number of nitrogens with zero attached hydrogens (tertiary/aromatic N) is 2. The van der Waals surface area contributed by atoms with Gasteiger partial charge >= 0.3 is 0 Å². The summed E-state index contributed by atoms with van der Waals surface area (Å²) in [6, 6.07) is 16.7. The minimum atomic E-state index is -3.76. The van der Waals surface area contributed by atoms with Gasteiger partial charge < -0.3 is 15.2 Å². The molecule has 0 bridgehead atoms. The number of carbonyl (C=O) groups excluding carboxylic acids is 1. The summed E-state index contributed by atoms with van der Waals surface area (Å²) in [5.41, 5.74) is 5.61. The third-order valence-electron chi connectivity index (χ3n) is 7.80. The average molecular weight is 549 g/mol. The molecule has 2 unspecified atom stereocenters. The second-order valence-electron chi connectivity index (χ2n) is 11.9. The van der Waals surface area contributed by atoms with Crippen molar-refractivity contribution in [3.05, 3.63) is 88.7 Å². The Morgan fingerprint density at radius 1 is 1.05 bits per heavy atom. The lowest BCUT2D eigenvalue weighted by atomic mass is 9.86. The Labute approximate surface area is 232 Å². The lowest BCUT2D eigenvalue weighted by molar-refractivity contribution is -0.123. The molecular formula is C31H40N4O3S. The van der Waals surface area contributed by atoms with Crippen molar-refractivity contribution in [1.82, 2.24) is 19.5 Å². The van der Waals surface area contributed by atoms with Gasteiger partial charge in [-0.3, -0.25) is 4.79 Å². The Hall–Kier alpha value is -2.94. The van der Waals surface area contributed by atoms with Gasteiger partial charge in [0, 0.05) is 43.5 Å². The van der Waals surface area contributed by atoms with Crippen LogP contribution in [0.1, 0.15) is 80.1 Å². The van der Waals surface area contributed by atoms with E-state index in [9.17, 15) is 13.2 Å². The number of sulfonamides is 1. The molecule has 208 valence electrons. The van der Waals surface area contributed by atoms with E-state index in [2.05, 4.69) is 54.2 Å². The molecular weight excluding hydrogens is 508 g/mol. The zero-order valence-corrected chi connectivity index (χ0v) is 24.2. The zero-order chi connectivity index (χ0) is 27.8. The Morgan fingerprint density at radius 3 is 2.56 bits per heavy atom. The summed E-state index contributed by atoms with van der Waals surface area (Å²) in [5, 5.41) is 6.80. The van der Waals surface area contributed by atoms with Crippen LogP contribution in [0.5, 0.6) is 0 Å². The van der Waals surface area contributed by atoms with Crippen molar-refractivity contribution >= 4 is 15.9 Å². The van der Waals surface area contributed by atoms with Gasteiger partial charge in [0.15, 0.2) is 0 Å². The molecule has 2 atom stereocenters. The molecule has 1 aliphatic carbocycles. The molecule has 0 saturated heterocycles. The highest BCUT2D eigenvalue weighted by Gasteiger charge is 2.38. The molecule has 2 heterocycles. The summed E-state index contributed by atoms with van der Waals surface area (Å²) in [6.45, 7) is 10.1. The molecule has 39 heavy (non-hydrogen) atoms. The number of fused-ring (bicyclic) bond motifs is 2. The normalized spacial score (nSPS) is 19.8. The zero-order valence-electron chi connectivity index (χ0n) is 23.4. The summed E-state index contributed by atoms with van der Waals surface area (Å²) in [7, 11) is -3.76. The quantitative estimate of drug-likeness (QED) is 0.435. The van der Waals surface area contributed by atoms with Crippen molar-refractivity contribution < 1.29 is 13.2 Å².